The average molecular weight is 613 g/mol. The Morgan fingerprint density at radius 3 is 1.66 bits per heavy atom. The highest BCUT2D eigenvalue weighted by Gasteiger charge is 2.48. The van der Waals surface area contributed by atoms with Gasteiger partial charge in [0.05, 0.1) is 13.2 Å². The first-order chi connectivity index (χ1) is 19.1. The topological polar surface area (TPSA) is 153 Å². The number of phenolic OH excluding ortho intramolecular Hbond substituents is 1. The summed E-state index contributed by atoms with van der Waals surface area (Å²) in [6.45, 7) is 6.35. The fraction of sp³-hybridized carbons (Fsp3) is 0.440. The first-order valence-electron chi connectivity index (χ1n) is 11.7. The van der Waals surface area contributed by atoms with E-state index >= 15 is 0 Å². The molecule has 0 saturated heterocycles. The van der Waals surface area contributed by atoms with E-state index in [1.165, 1.54) is 33.3 Å². The van der Waals surface area contributed by atoms with E-state index in [0.29, 0.717) is 11.1 Å². The Morgan fingerprint density at radius 2 is 1.24 bits per heavy atom. The van der Waals surface area contributed by atoms with Crippen LogP contribution in [0.1, 0.15) is 45.7 Å². The lowest BCUT2D eigenvalue weighted by Crippen LogP contribution is -2.28. The predicted molar refractivity (Wildman–Crippen MR) is 137 cm³/mol. The number of halogens is 3. The quantitative estimate of drug-likeness (QED) is 0.158. The fourth-order valence-corrected chi connectivity index (χ4v) is 3.53. The van der Waals surface area contributed by atoms with Crippen molar-refractivity contribution in [3.8, 4) is 23.0 Å². The van der Waals surface area contributed by atoms with Crippen LogP contribution in [0.2, 0.25) is 0 Å². The van der Waals surface area contributed by atoms with Crippen LogP contribution < -0.4 is 13.7 Å². The summed E-state index contributed by atoms with van der Waals surface area (Å²) in [7, 11) is -3.10. The number of hydrogen-bond acceptors (Lipinski definition) is 12. The Balaban J connectivity index is 0.000000435. The second-order valence-corrected chi connectivity index (χ2v) is 9.31. The highest BCUT2D eigenvalue weighted by Crippen LogP contribution is 2.33. The number of benzene rings is 2. The van der Waals surface area contributed by atoms with Crippen molar-refractivity contribution in [3.05, 3.63) is 46.5 Å². The molecule has 2 rings (SSSR count). The zero-order chi connectivity index (χ0) is 31.4. The first kappa shape index (κ1) is 35.3. The molecule has 41 heavy (non-hydrogen) atoms. The smallest absolute Gasteiger partial charge is 0.508 e. The summed E-state index contributed by atoms with van der Waals surface area (Å²) >= 11 is 0. The molecule has 0 atom stereocenters. The molecule has 0 aliphatic heterocycles. The van der Waals surface area contributed by atoms with Gasteiger partial charge in [-0.15, -0.1) is 0 Å². The summed E-state index contributed by atoms with van der Waals surface area (Å²) in [5, 5.41) is 9.46. The monoisotopic (exact) mass is 612 g/mol. The van der Waals surface area contributed by atoms with Crippen molar-refractivity contribution < 1.29 is 68.9 Å². The number of alkyl halides is 3. The summed E-state index contributed by atoms with van der Waals surface area (Å²) in [5.41, 5.74) is -4.66. The third-order valence-corrected chi connectivity index (χ3v) is 5.65. The number of aromatic hydroxyl groups is 1. The normalized spacial score (nSPS) is 11.1. The van der Waals surface area contributed by atoms with Gasteiger partial charge < -0.3 is 37.7 Å². The molecular formula is C25H31F3O12S. The third kappa shape index (κ3) is 10.3. The molecule has 0 spiro atoms. The molecule has 2 aromatic carbocycles. The predicted octanol–water partition coefficient (Wildman–Crippen LogP) is 4.24. The van der Waals surface area contributed by atoms with E-state index in [2.05, 4.69) is 8.92 Å². The van der Waals surface area contributed by atoms with Gasteiger partial charge in [-0.3, -0.25) is 0 Å². The number of rotatable bonds is 12. The van der Waals surface area contributed by atoms with Gasteiger partial charge in [-0.05, 0) is 51.0 Å². The Labute approximate surface area is 234 Å². The average Bonchev–Trinajstić information content (AvgIpc) is 2.85. The molecule has 1 N–H and O–H groups in total. The lowest BCUT2D eigenvalue weighted by molar-refractivity contribution is -0.0500. The highest BCUT2D eigenvalue weighted by molar-refractivity contribution is 7.88. The molecule has 0 bridgehead atoms. The molecule has 2 aromatic rings. The summed E-state index contributed by atoms with van der Waals surface area (Å²) in [4.78, 5) is 23.7. The summed E-state index contributed by atoms with van der Waals surface area (Å²) in [6.07, 6.45) is 0. The molecule has 230 valence electrons. The van der Waals surface area contributed by atoms with Gasteiger partial charge >= 0.3 is 27.6 Å². The van der Waals surface area contributed by atoms with E-state index in [0.717, 1.165) is 12.1 Å². The minimum atomic E-state index is -5.85. The minimum Gasteiger partial charge on any atom is -0.508 e. The number of hydrogen-bond donors (Lipinski definition) is 1. The van der Waals surface area contributed by atoms with Gasteiger partial charge in [0.2, 0.25) is 0 Å². The molecular weight excluding hydrogens is 581 g/mol. The lowest BCUT2D eigenvalue weighted by Gasteiger charge is -2.15. The van der Waals surface area contributed by atoms with Crippen LogP contribution in [0.3, 0.4) is 0 Å². The molecule has 0 heterocycles. The standard InChI is InChI=1S/C13H15F3O7S.C12H16O5/c1-4-21-12(17)11-8(2)5-9(6-10(11)22-7-20-3)23-24(18,19)13(14,15)16;1-4-16-12(14)11-8(2)5-9(13)6-10(11)17-7-15-3/h5-6H,4,7H2,1-3H3;5-6,13H,4,7H2,1-3H3. The van der Waals surface area contributed by atoms with Crippen molar-refractivity contribution in [2.75, 3.05) is 41.0 Å². The second-order valence-electron chi connectivity index (χ2n) is 7.77. The molecule has 0 aliphatic carbocycles. The fourth-order valence-electron chi connectivity index (χ4n) is 3.08. The van der Waals surface area contributed by atoms with Gasteiger partial charge in [0.1, 0.15) is 34.1 Å². The zero-order valence-electron chi connectivity index (χ0n) is 23.1. The van der Waals surface area contributed by atoms with Gasteiger partial charge in [0.15, 0.2) is 13.6 Å². The molecule has 0 amide bonds. The Hall–Kier alpha value is -3.76. The zero-order valence-corrected chi connectivity index (χ0v) is 23.9. The number of ether oxygens (including phenoxy) is 6. The van der Waals surface area contributed by atoms with Gasteiger partial charge in [-0.2, -0.15) is 21.6 Å². The van der Waals surface area contributed by atoms with E-state index in [-0.39, 0.29) is 55.2 Å². The number of aryl methyl sites for hydroxylation is 2. The number of carbonyl (C=O) groups is 2. The number of carbonyl (C=O) groups excluding carboxylic acids is 2. The summed E-state index contributed by atoms with van der Waals surface area (Å²) in [5.74, 6) is -1.88. The van der Waals surface area contributed by atoms with Crippen LogP contribution in [-0.2, 0) is 29.1 Å². The van der Waals surface area contributed by atoms with Gasteiger partial charge in [-0.1, -0.05) is 0 Å². The maximum Gasteiger partial charge on any atom is 0.534 e. The number of esters is 2. The van der Waals surface area contributed by atoms with Gasteiger partial charge in [0.25, 0.3) is 0 Å². The number of methoxy groups -OCH3 is 2. The van der Waals surface area contributed by atoms with Crippen molar-refractivity contribution in [1.29, 1.82) is 0 Å². The Kier molecular flexibility index (Phi) is 13.7. The molecule has 0 radical (unpaired) electrons. The van der Waals surface area contributed by atoms with Gasteiger partial charge in [-0.25, -0.2) is 9.59 Å². The first-order valence-corrected chi connectivity index (χ1v) is 13.1. The van der Waals surface area contributed by atoms with Crippen LogP contribution in [0.15, 0.2) is 24.3 Å². The van der Waals surface area contributed by atoms with E-state index in [9.17, 15) is 36.3 Å². The van der Waals surface area contributed by atoms with E-state index in [1.807, 2.05) is 0 Å². The van der Waals surface area contributed by atoms with Crippen LogP contribution in [-0.4, -0.2) is 72.0 Å². The molecule has 0 saturated carbocycles. The molecule has 12 nitrogen and oxygen atoms in total. The van der Waals surface area contributed by atoms with Crippen molar-refractivity contribution in [3.63, 3.8) is 0 Å². The van der Waals surface area contributed by atoms with Crippen LogP contribution in [0.5, 0.6) is 23.0 Å². The van der Waals surface area contributed by atoms with E-state index in [4.69, 9.17) is 23.7 Å². The van der Waals surface area contributed by atoms with E-state index < -0.39 is 33.3 Å². The molecule has 0 fully saturated rings. The maximum atomic E-state index is 12.4. The number of phenols is 1. The lowest BCUT2D eigenvalue weighted by atomic mass is 10.1. The second kappa shape index (κ2) is 15.9. The Morgan fingerprint density at radius 1 is 0.805 bits per heavy atom. The molecule has 0 unspecified atom stereocenters. The van der Waals surface area contributed by atoms with Crippen LogP contribution in [0, 0.1) is 13.8 Å². The van der Waals surface area contributed by atoms with Crippen molar-refractivity contribution in [2.45, 2.75) is 33.2 Å². The molecule has 0 aliphatic rings. The van der Waals surface area contributed by atoms with Crippen LogP contribution in [0.25, 0.3) is 0 Å². The SMILES string of the molecule is CCOC(=O)c1c(C)cc(O)cc1OCOC.CCOC(=O)c1c(C)cc(OS(=O)(=O)C(F)(F)F)cc1OCOC. The largest absolute Gasteiger partial charge is 0.534 e. The van der Waals surface area contributed by atoms with Gasteiger partial charge in [0, 0.05) is 26.4 Å². The van der Waals surface area contributed by atoms with Crippen molar-refractivity contribution in [1.82, 2.24) is 0 Å². The van der Waals surface area contributed by atoms with Crippen molar-refractivity contribution in [2.24, 2.45) is 0 Å². The summed E-state index contributed by atoms with van der Waals surface area (Å²) in [6, 6.07) is 4.63. The van der Waals surface area contributed by atoms with Crippen molar-refractivity contribution >= 4 is 22.1 Å². The summed E-state index contributed by atoms with van der Waals surface area (Å²) < 4.78 is 92.9. The Bertz CT molecular complexity index is 1290. The molecule has 0 aromatic heterocycles. The minimum absolute atomic E-state index is 0.00466. The van der Waals surface area contributed by atoms with Crippen LogP contribution >= 0.6 is 0 Å². The van der Waals surface area contributed by atoms with Crippen LogP contribution in [0.4, 0.5) is 13.2 Å². The maximum absolute atomic E-state index is 12.4. The molecule has 16 heteroatoms. The highest BCUT2D eigenvalue weighted by atomic mass is 32.2. The third-order valence-electron chi connectivity index (χ3n) is 4.67. The van der Waals surface area contributed by atoms with E-state index in [1.54, 1.807) is 20.8 Å².